The van der Waals surface area contributed by atoms with Crippen molar-refractivity contribution in [2.24, 2.45) is 0 Å². The third kappa shape index (κ3) is 3.29. The second-order valence-corrected chi connectivity index (χ2v) is 4.28. The highest BCUT2D eigenvalue weighted by molar-refractivity contribution is 7.85. The Morgan fingerprint density at radius 2 is 2.13 bits per heavy atom. The third-order valence-corrected chi connectivity index (χ3v) is 1.87. The SMILES string of the molecule is C/C=C/n1nnn(COS(C)(=O)=O)c1=O. The normalized spacial score (nSPS) is 12.4. The summed E-state index contributed by atoms with van der Waals surface area (Å²) in [5, 5.41) is 6.88. The fourth-order valence-corrected chi connectivity index (χ4v) is 1.04. The van der Waals surface area contributed by atoms with Crippen LogP contribution in [0.1, 0.15) is 6.92 Å². The van der Waals surface area contributed by atoms with Crippen LogP contribution in [0.3, 0.4) is 0 Å². The summed E-state index contributed by atoms with van der Waals surface area (Å²) in [7, 11) is -3.60. The van der Waals surface area contributed by atoms with Gasteiger partial charge in [0.2, 0.25) is 0 Å². The quantitative estimate of drug-likeness (QED) is 0.611. The Labute approximate surface area is 85.9 Å². The van der Waals surface area contributed by atoms with Gasteiger partial charge in [0.05, 0.1) is 6.26 Å². The summed E-state index contributed by atoms with van der Waals surface area (Å²) < 4.78 is 27.4. The molecule has 0 amide bonds. The predicted octanol–water partition coefficient (Wildman–Crippen LogP) is -1.14. The first-order valence-electron chi connectivity index (χ1n) is 3.93. The molecule has 0 aliphatic heterocycles. The summed E-state index contributed by atoms with van der Waals surface area (Å²) in [4.78, 5) is 11.4. The molecule has 1 aromatic heterocycles. The first kappa shape index (κ1) is 11.6. The van der Waals surface area contributed by atoms with Gasteiger partial charge < -0.3 is 0 Å². The van der Waals surface area contributed by atoms with Gasteiger partial charge in [-0.15, -0.1) is 0 Å². The van der Waals surface area contributed by atoms with Crippen LogP contribution in [-0.2, 0) is 21.0 Å². The molecule has 0 unspecified atom stereocenters. The maximum atomic E-state index is 11.4. The van der Waals surface area contributed by atoms with E-state index >= 15 is 0 Å². The molecule has 9 heteroatoms. The number of hydrogen-bond acceptors (Lipinski definition) is 6. The van der Waals surface area contributed by atoms with E-state index in [-0.39, 0.29) is 0 Å². The molecule has 0 aromatic carbocycles. The Morgan fingerprint density at radius 3 is 2.67 bits per heavy atom. The number of allylic oxidation sites excluding steroid dienone is 1. The van der Waals surface area contributed by atoms with Crippen molar-refractivity contribution in [2.45, 2.75) is 13.7 Å². The van der Waals surface area contributed by atoms with Crippen LogP contribution in [0.2, 0.25) is 0 Å². The second kappa shape index (κ2) is 4.36. The molecule has 0 radical (unpaired) electrons. The molecule has 84 valence electrons. The van der Waals surface area contributed by atoms with E-state index in [0.717, 1.165) is 15.6 Å². The molecule has 0 aliphatic carbocycles. The van der Waals surface area contributed by atoms with Gasteiger partial charge >= 0.3 is 5.69 Å². The maximum absolute atomic E-state index is 11.4. The minimum Gasteiger partial charge on any atom is -0.246 e. The van der Waals surface area contributed by atoms with Gasteiger partial charge in [0.15, 0.2) is 6.73 Å². The average molecular weight is 234 g/mol. The van der Waals surface area contributed by atoms with Crippen molar-refractivity contribution in [2.75, 3.05) is 6.26 Å². The van der Waals surface area contributed by atoms with Crippen molar-refractivity contribution in [3.8, 4) is 0 Å². The largest absolute Gasteiger partial charge is 0.370 e. The molecule has 0 saturated carbocycles. The minimum atomic E-state index is -3.60. The highest BCUT2D eigenvalue weighted by atomic mass is 32.2. The summed E-state index contributed by atoms with van der Waals surface area (Å²) in [5.74, 6) is 0. The molecule has 8 nitrogen and oxygen atoms in total. The molecular weight excluding hydrogens is 224 g/mol. The van der Waals surface area contributed by atoms with Crippen LogP contribution < -0.4 is 5.69 Å². The van der Waals surface area contributed by atoms with Crippen LogP contribution in [-0.4, -0.2) is 34.5 Å². The minimum absolute atomic E-state index is 0.477. The molecule has 1 heterocycles. The van der Waals surface area contributed by atoms with Crippen molar-refractivity contribution >= 4 is 16.3 Å². The Balaban J connectivity index is 2.85. The van der Waals surface area contributed by atoms with Crippen molar-refractivity contribution < 1.29 is 12.6 Å². The van der Waals surface area contributed by atoms with Crippen LogP contribution in [0.4, 0.5) is 0 Å². The summed E-state index contributed by atoms with van der Waals surface area (Å²) in [6.07, 6.45) is 3.87. The zero-order valence-corrected chi connectivity index (χ0v) is 9.01. The summed E-state index contributed by atoms with van der Waals surface area (Å²) in [6.45, 7) is 1.23. The lowest BCUT2D eigenvalue weighted by Gasteiger charge is -1.97. The highest BCUT2D eigenvalue weighted by Gasteiger charge is 2.07. The summed E-state index contributed by atoms with van der Waals surface area (Å²) >= 11 is 0. The van der Waals surface area contributed by atoms with Crippen molar-refractivity contribution in [3.05, 3.63) is 16.6 Å². The van der Waals surface area contributed by atoms with Gasteiger partial charge in [-0.2, -0.15) is 17.8 Å². The van der Waals surface area contributed by atoms with Crippen LogP contribution in [0, 0.1) is 0 Å². The Hall–Kier alpha value is -1.48. The lowest BCUT2D eigenvalue weighted by atomic mass is 10.7. The topological polar surface area (TPSA) is 96.1 Å². The average Bonchev–Trinajstić information content (AvgIpc) is 2.45. The molecule has 0 atom stereocenters. The zero-order valence-electron chi connectivity index (χ0n) is 8.19. The van der Waals surface area contributed by atoms with Crippen LogP contribution >= 0.6 is 0 Å². The van der Waals surface area contributed by atoms with Crippen LogP contribution in [0.15, 0.2) is 10.9 Å². The molecule has 1 aromatic rings. The summed E-state index contributed by atoms with van der Waals surface area (Å²) in [5.41, 5.74) is -0.572. The van der Waals surface area contributed by atoms with Gasteiger partial charge in [-0.05, 0) is 17.4 Å². The van der Waals surface area contributed by atoms with Crippen molar-refractivity contribution in [1.82, 2.24) is 19.8 Å². The fraction of sp³-hybridized carbons (Fsp3) is 0.500. The van der Waals surface area contributed by atoms with Gasteiger partial charge in [0, 0.05) is 6.20 Å². The van der Waals surface area contributed by atoms with E-state index < -0.39 is 22.5 Å². The first-order chi connectivity index (χ1) is 6.94. The number of tetrazole rings is 1. The number of hydrogen-bond donors (Lipinski definition) is 0. The Kier molecular flexibility index (Phi) is 3.37. The second-order valence-electron chi connectivity index (χ2n) is 2.64. The van der Waals surface area contributed by atoms with Gasteiger partial charge in [-0.1, -0.05) is 6.08 Å². The van der Waals surface area contributed by atoms with E-state index in [1.807, 2.05) is 0 Å². The number of aromatic nitrogens is 4. The third-order valence-electron chi connectivity index (χ3n) is 1.34. The molecule has 0 fully saturated rings. The van der Waals surface area contributed by atoms with Gasteiger partial charge in [0.25, 0.3) is 10.1 Å². The van der Waals surface area contributed by atoms with E-state index in [1.54, 1.807) is 13.0 Å². The lowest BCUT2D eigenvalue weighted by molar-refractivity contribution is 0.223. The van der Waals surface area contributed by atoms with E-state index in [9.17, 15) is 13.2 Å². The van der Waals surface area contributed by atoms with Crippen molar-refractivity contribution in [3.63, 3.8) is 0 Å². The van der Waals surface area contributed by atoms with Gasteiger partial charge in [-0.3, -0.25) is 0 Å². The molecule has 15 heavy (non-hydrogen) atoms. The predicted molar refractivity (Wildman–Crippen MR) is 51.2 cm³/mol. The van der Waals surface area contributed by atoms with E-state index in [1.165, 1.54) is 6.20 Å². The number of nitrogens with zero attached hydrogens (tertiary/aromatic N) is 4. The van der Waals surface area contributed by atoms with Crippen LogP contribution in [0.5, 0.6) is 0 Å². The fourth-order valence-electron chi connectivity index (χ4n) is 0.748. The standard InChI is InChI=1S/C6H10N4O4S/c1-3-4-9-6(11)10(8-7-9)5-14-15(2,12)13/h3-4H,5H2,1-2H3/b4-3+. The Morgan fingerprint density at radius 1 is 1.47 bits per heavy atom. The molecule has 0 aliphatic rings. The van der Waals surface area contributed by atoms with E-state index in [4.69, 9.17) is 0 Å². The highest BCUT2D eigenvalue weighted by Crippen LogP contribution is 1.87. The van der Waals surface area contributed by atoms with Gasteiger partial charge in [-0.25, -0.2) is 8.98 Å². The molecule has 1 rings (SSSR count). The zero-order chi connectivity index (χ0) is 11.5. The smallest absolute Gasteiger partial charge is 0.246 e. The van der Waals surface area contributed by atoms with E-state index in [0.29, 0.717) is 0 Å². The van der Waals surface area contributed by atoms with Crippen LogP contribution in [0.25, 0.3) is 6.20 Å². The van der Waals surface area contributed by atoms with Crippen molar-refractivity contribution in [1.29, 1.82) is 0 Å². The maximum Gasteiger partial charge on any atom is 0.370 e. The van der Waals surface area contributed by atoms with E-state index in [2.05, 4.69) is 14.6 Å². The molecule has 0 N–H and O–H groups in total. The Bertz CT molecular complexity index is 511. The molecular formula is C6H10N4O4S. The van der Waals surface area contributed by atoms with Gasteiger partial charge in [0.1, 0.15) is 0 Å². The monoisotopic (exact) mass is 234 g/mol. The lowest BCUT2D eigenvalue weighted by Crippen LogP contribution is -2.24. The molecule has 0 spiro atoms. The number of rotatable bonds is 4. The molecule has 0 bridgehead atoms. The first-order valence-corrected chi connectivity index (χ1v) is 5.75. The molecule has 0 saturated heterocycles. The summed E-state index contributed by atoms with van der Waals surface area (Å²) in [6, 6.07) is 0.